The maximum absolute atomic E-state index is 11.0. The van der Waals surface area contributed by atoms with Crippen LogP contribution in [0.1, 0.15) is 58.8 Å². The molecule has 0 aromatic rings. The summed E-state index contributed by atoms with van der Waals surface area (Å²) in [6, 6.07) is 0. The summed E-state index contributed by atoms with van der Waals surface area (Å²) in [5.74, 6) is -0.0774. The van der Waals surface area contributed by atoms with E-state index in [4.69, 9.17) is 9.47 Å². The number of esters is 1. The molecule has 3 nitrogen and oxygen atoms in total. The summed E-state index contributed by atoms with van der Waals surface area (Å²) in [6.45, 7) is 6.22. The Morgan fingerprint density at radius 1 is 0.938 bits per heavy atom. The maximum Gasteiger partial charge on any atom is 0.305 e. The molecule has 96 valence electrons. The highest BCUT2D eigenvalue weighted by atomic mass is 16.5. The number of rotatable bonds is 11. The molecule has 0 rings (SSSR count). The third-order valence-corrected chi connectivity index (χ3v) is 2.37. The molecule has 0 heterocycles. The Kier molecular flexibility index (Phi) is 12.1. The van der Waals surface area contributed by atoms with E-state index in [-0.39, 0.29) is 5.97 Å². The predicted molar refractivity (Wildman–Crippen MR) is 65.4 cm³/mol. The van der Waals surface area contributed by atoms with Crippen LogP contribution in [-0.4, -0.2) is 25.8 Å². The Labute approximate surface area is 99.5 Å². The molecule has 16 heavy (non-hydrogen) atoms. The first-order valence-corrected chi connectivity index (χ1v) is 6.54. The molecule has 0 radical (unpaired) electrons. The molecule has 0 atom stereocenters. The Morgan fingerprint density at radius 3 is 2.25 bits per heavy atom. The lowest BCUT2D eigenvalue weighted by Gasteiger charge is -2.04. The highest BCUT2D eigenvalue weighted by molar-refractivity contribution is 5.69. The van der Waals surface area contributed by atoms with Gasteiger partial charge in [-0.15, -0.1) is 0 Å². The quantitative estimate of drug-likeness (QED) is 0.403. The van der Waals surface area contributed by atoms with Crippen molar-refractivity contribution in [3.05, 3.63) is 0 Å². The number of ether oxygens (including phenoxy) is 2. The first kappa shape index (κ1) is 15.4. The van der Waals surface area contributed by atoms with E-state index in [9.17, 15) is 4.79 Å². The van der Waals surface area contributed by atoms with Gasteiger partial charge in [-0.3, -0.25) is 4.79 Å². The molecule has 0 aliphatic heterocycles. The summed E-state index contributed by atoms with van der Waals surface area (Å²) in [5.41, 5.74) is 0. The number of hydrogen-bond donors (Lipinski definition) is 0. The fourth-order valence-corrected chi connectivity index (χ4v) is 1.44. The van der Waals surface area contributed by atoms with E-state index in [2.05, 4.69) is 6.92 Å². The summed E-state index contributed by atoms with van der Waals surface area (Å²) < 4.78 is 10.3. The van der Waals surface area contributed by atoms with E-state index >= 15 is 0 Å². The van der Waals surface area contributed by atoms with Crippen molar-refractivity contribution in [1.82, 2.24) is 0 Å². The molecule has 0 aromatic heterocycles. The molecule has 0 fully saturated rings. The first-order valence-electron chi connectivity index (χ1n) is 6.54. The second kappa shape index (κ2) is 12.5. The van der Waals surface area contributed by atoms with Crippen LogP contribution in [-0.2, 0) is 14.3 Å². The van der Waals surface area contributed by atoms with Crippen molar-refractivity contribution in [3.8, 4) is 0 Å². The normalized spacial score (nSPS) is 10.4. The van der Waals surface area contributed by atoms with Gasteiger partial charge in [0.15, 0.2) is 0 Å². The summed E-state index contributed by atoms with van der Waals surface area (Å²) in [6.07, 6.45) is 7.21. The first-order chi connectivity index (χ1) is 7.81. The Hall–Kier alpha value is -0.570. The zero-order valence-electron chi connectivity index (χ0n) is 10.8. The van der Waals surface area contributed by atoms with Crippen LogP contribution in [0.25, 0.3) is 0 Å². The fraction of sp³-hybridized carbons (Fsp3) is 0.923. The Balaban J connectivity index is 3.01. The minimum Gasteiger partial charge on any atom is -0.466 e. The van der Waals surface area contributed by atoms with E-state index < -0.39 is 0 Å². The van der Waals surface area contributed by atoms with Gasteiger partial charge in [0.2, 0.25) is 0 Å². The van der Waals surface area contributed by atoms with Crippen molar-refractivity contribution in [1.29, 1.82) is 0 Å². The second-order valence-corrected chi connectivity index (χ2v) is 3.94. The summed E-state index contributed by atoms with van der Waals surface area (Å²) in [5, 5.41) is 0. The minimum atomic E-state index is -0.0774. The topological polar surface area (TPSA) is 35.5 Å². The third kappa shape index (κ3) is 11.5. The van der Waals surface area contributed by atoms with Gasteiger partial charge in [-0.05, 0) is 26.2 Å². The zero-order valence-corrected chi connectivity index (χ0v) is 10.8. The van der Waals surface area contributed by atoms with Crippen LogP contribution in [0.2, 0.25) is 0 Å². The lowest BCUT2D eigenvalue weighted by molar-refractivity contribution is -0.143. The van der Waals surface area contributed by atoms with E-state index in [0.717, 1.165) is 32.5 Å². The molecule has 3 heteroatoms. The minimum absolute atomic E-state index is 0.0774. The highest BCUT2D eigenvalue weighted by Crippen LogP contribution is 2.02. The smallest absolute Gasteiger partial charge is 0.305 e. The van der Waals surface area contributed by atoms with Gasteiger partial charge in [0, 0.05) is 19.6 Å². The van der Waals surface area contributed by atoms with Crippen molar-refractivity contribution >= 4 is 5.97 Å². The number of unbranched alkanes of at least 4 members (excludes halogenated alkanes) is 4. The van der Waals surface area contributed by atoms with Crippen LogP contribution in [0.5, 0.6) is 0 Å². The van der Waals surface area contributed by atoms with E-state index in [1.54, 1.807) is 0 Å². The number of hydrogen-bond acceptors (Lipinski definition) is 3. The van der Waals surface area contributed by atoms with Gasteiger partial charge in [0.1, 0.15) is 0 Å². The second-order valence-electron chi connectivity index (χ2n) is 3.94. The SMILES string of the molecule is CCCCCOCCCCCC(=O)OCC. The highest BCUT2D eigenvalue weighted by Gasteiger charge is 2.00. The van der Waals surface area contributed by atoms with Gasteiger partial charge in [-0.1, -0.05) is 26.2 Å². The lowest BCUT2D eigenvalue weighted by Crippen LogP contribution is -2.03. The largest absolute Gasteiger partial charge is 0.466 e. The Morgan fingerprint density at radius 2 is 1.62 bits per heavy atom. The van der Waals surface area contributed by atoms with Gasteiger partial charge < -0.3 is 9.47 Å². The van der Waals surface area contributed by atoms with Crippen LogP contribution < -0.4 is 0 Å². The van der Waals surface area contributed by atoms with Crippen LogP contribution in [0.4, 0.5) is 0 Å². The molecule has 0 unspecified atom stereocenters. The summed E-state index contributed by atoms with van der Waals surface area (Å²) >= 11 is 0. The summed E-state index contributed by atoms with van der Waals surface area (Å²) in [7, 11) is 0. The molecule has 0 amide bonds. The van der Waals surface area contributed by atoms with E-state index in [1.165, 1.54) is 19.3 Å². The average Bonchev–Trinajstić information content (AvgIpc) is 2.27. The van der Waals surface area contributed by atoms with Crippen LogP contribution in [0, 0.1) is 0 Å². The summed E-state index contributed by atoms with van der Waals surface area (Å²) in [4.78, 5) is 11.0. The van der Waals surface area contributed by atoms with Crippen molar-refractivity contribution in [2.24, 2.45) is 0 Å². The van der Waals surface area contributed by atoms with Gasteiger partial charge in [0.05, 0.1) is 6.61 Å². The molecule has 0 spiro atoms. The zero-order chi connectivity index (χ0) is 12.1. The van der Waals surface area contributed by atoms with Crippen molar-refractivity contribution in [2.75, 3.05) is 19.8 Å². The average molecular weight is 230 g/mol. The molecule has 0 aliphatic carbocycles. The number of carbonyl (C=O) groups is 1. The lowest BCUT2D eigenvalue weighted by atomic mass is 10.2. The van der Waals surface area contributed by atoms with Crippen LogP contribution in [0.3, 0.4) is 0 Å². The van der Waals surface area contributed by atoms with Crippen molar-refractivity contribution in [2.45, 2.75) is 58.8 Å². The molecule has 0 saturated carbocycles. The molecule has 0 N–H and O–H groups in total. The number of carbonyl (C=O) groups excluding carboxylic acids is 1. The predicted octanol–water partition coefficient (Wildman–Crippen LogP) is 3.32. The molecule has 0 bridgehead atoms. The van der Waals surface area contributed by atoms with Gasteiger partial charge >= 0.3 is 5.97 Å². The molecular formula is C13H26O3. The fourth-order valence-electron chi connectivity index (χ4n) is 1.44. The monoisotopic (exact) mass is 230 g/mol. The molecular weight excluding hydrogens is 204 g/mol. The van der Waals surface area contributed by atoms with Gasteiger partial charge in [0.25, 0.3) is 0 Å². The van der Waals surface area contributed by atoms with E-state index in [0.29, 0.717) is 13.0 Å². The van der Waals surface area contributed by atoms with Crippen LogP contribution >= 0.6 is 0 Å². The molecule has 0 aliphatic rings. The van der Waals surface area contributed by atoms with E-state index in [1.807, 2.05) is 6.92 Å². The van der Waals surface area contributed by atoms with Crippen LogP contribution in [0.15, 0.2) is 0 Å². The molecule has 0 aromatic carbocycles. The maximum atomic E-state index is 11.0. The molecule has 0 saturated heterocycles. The van der Waals surface area contributed by atoms with Gasteiger partial charge in [-0.25, -0.2) is 0 Å². The third-order valence-electron chi connectivity index (χ3n) is 2.37. The van der Waals surface area contributed by atoms with Crippen molar-refractivity contribution in [3.63, 3.8) is 0 Å². The Bertz CT molecular complexity index is 157. The van der Waals surface area contributed by atoms with Gasteiger partial charge in [-0.2, -0.15) is 0 Å². The standard InChI is InChI=1S/C13H26O3/c1-3-5-8-11-15-12-9-6-7-10-13(14)16-4-2/h3-12H2,1-2H3. The van der Waals surface area contributed by atoms with Crippen molar-refractivity contribution < 1.29 is 14.3 Å².